The van der Waals surface area contributed by atoms with Gasteiger partial charge >= 0.3 is 0 Å². The maximum Gasteiger partial charge on any atom is 0.265 e. The predicted octanol–water partition coefficient (Wildman–Crippen LogP) is 5.21. The number of methoxy groups -OCH3 is 1. The number of rotatable bonds is 9. The monoisotopic (exact) mass is 534 g/mol. The van der Waals surface area contributed by atoms with Gasteiger partial charge in [-0.1, -0.05) is 48.0 Å². The highest BCUT2D eigenvalue weighted by Gasteiger charge is 2.20. The summed E-state index contributed by atoms with van der Waals surface area (Å²) in [4.78, 5) is 25.9. The zero-order valence-electron chi connectivity index (χ0n) is 19.8. The molecule has 4 aromatic rings. The Kier molecular flexibility index (Phi) is 7.91. The van der Waals surface area contributed by atoms with Crippen molar-refractivity contribution in [3.63, 3.8) is 0 Å². The van der Waals surface area contributed by atoms with Gasteiger partial charge in [0.1, 0.15) is 5.75 Å². The number of benzene rings is 3. The van der Waals surface area contributed by atoms with Crippen molar-refractivity contribution in [2.75, 3.05) is 7.11 Å². The second-order valence-electron chi connectivity index (χ2n) is 7.99. The van der Waals surface area contributed by atoms with Gasteiger partial charge in [0.05, 0.1) is 17.7 Å². The second-order valence-corrected chi connectivity index (χ2v) is 10.1. The summed E-state index contributed by atoms with van der Waals surface area (Å²) in [5, 5.41) is 0.289. The van der Waals surface area contributed by atoms with Crippen LogP contribution >= 0.6 is 11.6 Å². The van der Waals surface area contributed by atoms with E-state index in [-0.39, 0.29) is 21.3 Å². The van der Waals surface area contributed by atoms with Crippen LogP contribution in [-0.2, 0) is 16.6 Å². The van der Waals surface area contributed by atoms with Crippen molar-refractivity contribution in [2.45, 2.75) is 11.4 Å². The van der Waals surface area contributed by atoms with Crippen molar-refractivity contribution in [3.8, 4) is 5.75 Å². The van der Waals surface area contributed by atoms with E-state index in [4.69, 9.17) is 16.3 Å². The fraction of sp³-hybridized carbons (Fsp3) is 0.0714. The van der Waals surface area contributed by atoms with Gasteiger partial charge in [-0.3, -0.25) is 9.59 Å². The molecular formula is C28H23ClN2O5S. The summed E-state index contributed by atoms with van der Waals surface area (Å²) in [5.74, 6) is -0.282. The molecule has 0 saturated carbocycles. The SMILES string of the molecule is COc1ccc(C(=O)c2cccn2C/C=C/c2ccc(Cl)cc2C(=O)NS(=O)(=O)c2ccccc2)cc1. The third-order valence-corrected chi connectivity index (χ3v) is 7.14. The van der Waals surface area contributed by atoms with Crippen molar-refractivity contribution < 1.29 is 22.7 Å². The molecule has 0 bridgehead atoms. The number of hydrogen-bond donors (Lipinski definition) is 1. The molecule has 1 heterocycles. The minimum absolute atomic E-state index is 0.0239. The number of halogens is 1. The van der Waals surface area contributed by atoms with Gasteiger partial charge in [-0.2, -0.15) is 0 Å². The van der Waals surface area contributed by atoms with Crippen LogP contribution in [0.3, 0.4) is 0 Å². The number of carbonyl (C=O) groups excluding carboxylic acids is 2. The summed E-state index contributed by atoms with van der Waals surface area (Å²) in [6.45, 7) is 0.343. The molecule has 0 saturated heterocycles. The van der Waals surface area contributed by atoms with E-state index >= 15 is 0 Å². The average molecular weight is 535 g/mol. The summed E-state index contributed by atoms with van der Waals surface area (Å²) < 4.78 is 34.2. The van der Waals surface area contributed by atoms with Crippen molar-refractivity contribution in [2.24, 2.45) is 0 Å². The van der Waals surface area contributed by atoms with Crippen LogP contribution in [0.5, 0.6) is 5.75 Å². The average Bonchev–Trinajstić information content (AvgIpc) is 3.38. The molecule has 4 rings (SSSR count). The lowest BCUT2D eigenvalue weighted by molar-refractivity contribution is 0.0979. The molecule has 9 heteroatoms. The zero-order valence-corrected chi connectivity index (χ0v) is 21.4. The van der Waals surface area contributed by atoms with Crippen LogP contribution < -0.4 is 9.46 Å². The third-order valence-electron chi connectivity index (χ3n) is 5.55. The molecule has 1 aromatic heterocycles. The van der Waals surface area contributed by atoms with Gasteiger partial charge in [0.15, 0.2) is 0 Å². The molecule has 0 atom stereocenters. The number of aromatic nitrogens is 1. The number of nitrogens with zero attached hydrogens (tertiary/aromatic N) is 1. The fourth-order valence-corrected chi connectivity index (χ4v) is 4.83. The number of amides is 1. The van der Waals surface area contributed by atoms with E-state index in [0.717, 1.165) is 0 Å². The highest BCUT2D eigenvalue weighted by Crippen LogP contribution is 2.20. The summed E-state index contributed by atoms with van der Waals surface area (Å²) in [7, 11) is -2.49. The van der Waals surface area contributed by atoms with Crippen LogP contribution in [0.1, 0.15) is 32.0 Å². The predicted molar refractivity (Wildman–Crippen MR) is 142 cm³/mol. The van der Waals surface area contributed by atoms with E-state index in [9.17, 15) is 18.0 Å². The van der Waals surface area contributed by atoms with Gasteiger partial charge in [-0.25, -0.2) is 13.1 Å². The molecule has 0 aliphatic rings. The Balaban J connectivity index is 1.52. The lowest BCUT2D eigenvalue weighted by Gasteiger charge is -2.10. The van der Waals surface area contributed by atoms with Gasteiger partial charge in [0, 0.05) is 28.9 Å². The Bertz CT molecular complexity index is 1560. The lowest BCUT2D eigenvalue weighted by atomic mass is 10.1. The van der Waals surface area contributed by atoms with Crippen LogP contribution in [0.2, 0.25) is 5.02 Å². The molecule has 0 fully saturated rings. The van der Waals surface area contributed by atoms with Crippen LogP contribution in [0.25, 0.3) is 6.08 Å². The van der Waals surface area contributed by atoms with E-state index in [2.05, 4.69) is 4.72 Å². The molecular weight excluding hydrogens is 512 g/mol. The molecule has 0 unspecified atom stereocenters. The highest BCUT2D eigenvalue weighted by molar-refractivity contribution is 7.90. The molecule has 1 N–H and O–H groups in total. The first-order chi connectivity index (χ1) is 17.8. The standard InChI is InChI=1S/C28H23ClN2O5S/c1-36-23-15-12-21(13-16-23)27(32)26-10-6-18-31(26)17-5-7-20-11-14-22(29)19-25(20)28(33)30-37(34,35)24-8-3-2-4-9-24/h2-16,18-19H,17H2,1H3,(H,30,33)/b7-5+. The molecule has 0 radical (unpaired) electrons. The van der Waals surface area contributed by atoms with Gasteiger partial charge in [-0.05, 0) is 66.2 Å². The number of hydrogen-bond acceptors (Lipinski definition) is 5. The van der Waals surface area contributed by atoms with E-state index < -0.39 is 15.9 Å². The van der Waals surface area contributed by atoms with Crippen LogP contribution in [0.4, 0.5) is 0 Å². The van der Waals surface area contributed by atoms with E-state index in [1.54, 1.807) is 96.8 Å². The largest absolute Gasteiger partial charge is 0.497 e. The summed E-state index contributed by atoms with van der Waals surface area (Å²) in [6, 6.07) is 22.6. The van der Waals surface area contributed by atoms with E-state index in [1.165, 1.54) is 18.2 Å². The summed E-state index contributed by atoms with van der Waals surface area (Å²) in [6.07, 6.45) is 5.24. The van der Waals surface area contributed by atoms with Gasteiger partial charge in [-0.15, -0.1) is 0 Å². The van der Waals surface area contributed by atoms with Gasteiger partial charge < -0.3 is 9.30 Å². The third kappa shape index (κ3) is 6.17. The minimum atomic E-state index is -4.06. The summed E-state index contributed by atoms with van der Waals surface area (Å²) >= 11 is 6.09. The highest BCUT2D eigenvalue weighted by atomic mass is 35.5. The van der Waals surface area contributed by atoms with Crippen molar-refractivity contribution >= 4 is 39.4 Å². The molecule has 0 aliphatic heterocycles. The molecule has 3 aromatic carbocycles. The maximum absolute atomic E-state index is 13.0. The minimum Gasteiger partial charge on any atom is -0.497 e. The lowest BCUT2D eigenvalue weighted by Crippen LogP contribution is -2.31. The Morgan fingerprint density at radius 3 is 2.41 bits per heavy atom. The Morgan fingerprint density at radius 1 is 0.973 bits per heavy atom. The number of allylic oxidation sites excluding steroid dienone is 1. The van der Waals surface area contributed by atoms with Crippen LogP contribution in [0.15, 0.2) is 102 Å². The maximum atomic E-state index is 13.0. The van der Waals surface area contributed by atoms with E-state index in [0.29, 0.717) is 29.1 Å². The molecule has 7 nitrogen and oxygen atoms in total. The Morgan fingerprint density at radius 2 is 1.70 bits per heavy atom. The van der Waals surface area contributed by atoms with Crippen molar-refractivity contribution in [3.05, 3.63) is 125 Å². The number of ether oxygens (including phenoxy) is 1. The second kappa shape index (κ2) is 11.3. The Hall–Kier alpha value is -4.14. The quantitative estimate of drug-likeness (QED) is 0.297. The molecule has 188 valence electrons. The molecule has 0 spiro atoms. The number of nitrogens with one attached hydrogen (secondary N) is 1. The number of ketones is 1. The van der Waals surface area contributed by atoms with Crippen molar-refractivity contribution in [1.29, 1.82) is 0 Å². The topological polar surface area (TPSA) is 94.5 Å². The van der Waals surface area contributed by atoms with Gasteiger partial charge in [0.2, 0.25) is 5.78 Å². The summed E-state index contributed by atoms with van der Waals surface area (Å²) in [5.41, 5.74) is 1.60. The van der Waals surface area contributed by atoms with Crippen LogP contribution in [-0.4, -0.2) is 31.8 Å². The number of sulfonamides is 1. The molecule has 37 heavy (non-hydrogen) atoms. The zero-order chi connectivity index (χ0) is 26.4. The first-order valence-electron chi connectivity index (χ1n) is 11.2. The molecule has 1 amide bonds. The smallest absolute Gasteiger partial charge is 0.265 e. The first-order valence-corrected chi connectivity index (χ1v) is 13.1. The Labute approximate surface area is 220 Å². The van der Waals surface area contributed by atoms with E-state index in [1.807, 2.05) is 0 Å². The fourth-order valence-electron chi connectivity index (χ4n) is 3.67. The van der Waals surface area contributed by atoms with Crippen LogP contribution in [0, 0.1) is 0 Å². The first kappa shape index (κ1) is 25.9. The normalized spacial score (nSPS) is 11.4. The number of carbonyl (C=O) groups is 2. The molecule has 0 aliphatic carbocycles. The van der Waals surface area contributed by atoms with Crippen molar-refractivity contribution in [1.82, 2.24) is 9.29 Å². The van der Waals surface area contributed by atoms with Gasteiger partial charge in [0.25, 0.3) is 15.9 Å².